The van der Waals surface area contributed by atoms with Gasteiger partial charge in [0.25, 0.3) is 5.91 Å². The van der Waals surface area contributed by atoms with E-state index in [4.69, 9.17) is 15.2 Å². The van der Waals surface area contributed by atoms with E-state index in [1.807, 2.05) is 30.9 Å². The molecule has 1 atom stereocenters. The van der Waals surface area contributed by atoms with Crippen molar-refractivity contribution in [1.29, 1.82) is 0 Å². The molecule has 2 fully saturated rings. The van der Waals surface area contributed by atoms with Gasteiger partial charge in [-0.2, -0.15) is 5.10 Å². The van der Waals surface area contributed by atoms with Crippen LogP contribution in [0, 0.1) is 0 Å². The fourth-order valence-electron chi connectivity index (χ4n) is 4.99. The predicted molar refractivity (Wildman–Crippen MR) is 140 cm³/mol. The molecule has 0 bridgehead atoms. The van der Waals surface area contributed by atoms with E-state index in [1.165, 1.54) is 0 Å². The topological polar surface area (TPSA) is 125 Å². The van der Waals surface area contributed by atoms with Crippen LogP contribution in [0.15, 0.2) is 30.7 Å². The molecule has 2 aromatic heterocycles. The van der Waals surface area contributed by atoms with Gasteiger partial charge in [-0.15, -0.1) is 0 Å². The average molecular weight is 507 g/mol. The highest BCUT2D eigenvalue weighted by molar-refractivity contribution is 6.06. The largest absolute Gasteiger partial charge is 0.490 e. The lowest BCUT2D eigenvalue weighted by atomic mass is 9.86. The molecule has 2 aliphatic rings. The summed E-state index contributed by atoms with van der Waals surface area (Å²) < 4.78 is 14.0. The molecule has 2 amide bonds. The number of aromatic nitrogens is 3. The van der Waals surface area contributed by atoms with E-state index >= 15 is 0 Å². The van der Waals surface area contributed by atoms with Gasteiger partial charge < -0.3 is 25.4 Å². The molecule has 0 spiro atoms. The molecule has 0 unspecified atom stereocenters. The lowest BCUT2D eigenvalue weighted by molar-refractivity contribution is -0.119. The normalized spacial score (nSPS) is 21.4. The SMILES string of the molecule is CC(C)Oc1cc2c(OC[C@@H]3CCC(=O)N3)ncc(-c3cnn([C@H]4C[C@@H](N(C)C)C4)c3)c2cc1C(N)=O. The second kappa shape index (κ2) is 10.0. The second-order valence-corrected chi connectivity index (χ2v) is 10.5. The van der Waals surface area contributed by atoms with Crippen molar-refractivity contribution in [3.8, 4) is 22.8 Å². The molecule has 1 aromatic carbocycles. The number of rotatable bonds is 9. The standard InChI is InChI=1S/C27H34N6O4/c1-15(2)37-24-10-21-20(9-22(24)26(28)35)23(12-29-27(21)36-14-17-5-6-25(34)31-17)16-11-30-33(13-16)19-7-18(8-19)32(3)4/h9-13,15,17-19H,5-8,14H2,1-4H3,(H2,28,35)(H,31,34)/t17-,18-,19+/m0/s1. The first-order valence-electron chi connectivity index (χ1n) is 12.8. The summed E-state index contributed by atoms with van der Waals surface area (Å²) in [5.41, 5.74) is 7.76. The summed E-state index contributed by atoms with van der Waals surface area (Å²) >= 11 is 0. The van der Waals surface area contributed by atoms with Crippen LogP contribution in [-0.2, 0) is 4.79 Å². The highest BCUT2D eigenvalue weighted by Crippen LogP contribution is 2.39. The first-order chi connectivity index (χ1) is 17.7. The van der Waals surface area contributed by atoms with Crippen LogP contribution in [0.3, 0.4) is 0 Å². The van der Waals surface area contributed by atoms with Gasteiger partial charge in [-0.25, -0.2) is 4.98 Å². The summed E-state index contributed by atoms with van der Waals surface area (Å²) in [6, 6.07) is 4.38. The number of ether oxygens (including phenoxy) is 2. The van der Waals surface area contributed by atoms with Gasteiger partial charge in [0.2, 0.25) is 11.8 Å². The van der Waals surface area contributed by atoms with E-state index in [1.54, 1.807) is 18.3 Å². The Morgan fingerprint density at radius 3 is 2.68 bits per heavy atom. The monoisotopic (exact) mass is 506 g/mol. The Bertz CT molecular complexity index is 1330. The van der Waals surface area contributed by atoms with Crippen LogP contribution >= 0.6 is 0 Å². The van der Waals surface area contributed by atoms with Gasteiger partial charge in [0, 0.05) is 41.4 Å². The van der Waals surface area contributed by atoms with E-state index in [0.717, 1.165) is 35.8 Å². The smallest absolute Gasteiger partial charge is 0.252 e. The minimum atomic E-state index is -0.573. The highest BCUT2D eigenvalue weighted by Gasteiger charge is 2.32. The lowest BCUT2D eigenvalue weighted by Crippen LogP contribution is -2.41. The molecule has 3 aromatic rings. The van der Waals surface area contributed by atoms with Crippen LogP contribution in [0.2, 0.25) is 0 Å². The highest BCUT2D eigenvalue weighted by atomic mass is 16.5. The van der Waals surface area contributed by atoms with Gasteiger partial charge in [0.15, 0.2) is 0 Å². The first kappa shape index (κ1) is 25.0. The van der Waals surface area contributed by atoms with E-state index in [9.17, 15) is 9.59 Å². The number of nitrogens with one attached hydrogen (secondary N) is 1. The Morgan fingerprint density at radius 2 is 2.03 bits per heavy atom. The number of hydrogen-bond donors (Lipinski definition) is 2. The Hall–Kier alpha value is -3.66. The molecular formula is C27H34N6O4. The van der Waals surface area contributed by atoms with E-state index in [0.29, 0.717) is 47.7 Å². The quantitative estimate of drug-likeness (QED) is 0.457. The number of primary amides is 1. The Morgan fingerprint density at radius 1 is 1.24 bits per heavy atom. The average Bonchev–Trinajstić information content (AvgIpc) is 3.44. The van der Waals surface area contributed by atoms with Crippen molar-refractivity contribution in [2.75, 3.05) is 20.7 Å². The molecule has 10 heteroatoms. The molecule has 1 saturated carbocycles. The van der Waals surface area contributed by atoms with Crippen molar-refractivity contribution in [1.82, 2.24) is 25.0 Å². The van der Waals surface area contributed by atoms with Gasteiger partial charge in [-0.05, 0) is 64.7 Å². The van der Waals surface area contributed by atoms with E-state index in [-0.39, 0.29) is 18.1 Å². The molecule has 196 valence electrons. The van der Waals surface area contributed by atoms with Crippen molar-refractivity contribution >= 4 is 22.6 Å². The maximum absolute atomic E-state index is 12.4. The van der Waals surface area contributed by atoms with Crippen LogP contribution in [0.4, 0.5) is 0 Å². The van der Waals surface area contributed by atoms with E-state index in [2.05, 4.69) is 34.4 Å². The summed E-state index contributed by atoms with van der Waals surface area (Å²) in [5, 5.41) is 9.01. The summed E-state index contributed by atoms with van der Waals surface area (Å²) in [7, 11) is 4.20. The Kier molecular flexibility index (Phi) is 6.76. The van der Waals surface area contributed by atoms with Crippen LogP contribution in [-0.4, -0.2) is 70.4 Å². The lowest BCUT2D eigenvalue weighted by Gasteiger charge is -2.39. The number of carbonyl (C=O) groups is 2. The third-order valence-electron chi connectivity index (χ3n) is 7.19. The van der Waals surface area contributed by atoms with Gasteiger partial charge in [0.05, 0.1) is 29.9 Å². The van der Waals surface area contributed by atoms with Gasteiger partial charge in [-0.3, -0.25) is 14.3 Å². The molecule has 10 nitrogen and oxygen atoms in total. The fourth-order valence-corrected chi connectivity index (χ4v) is 4.99. The van der Waals surface area contributed by atoms with Crippen molar-refractivity contribution in [2.45, 2.75) is 63.8 Å². The first-order valence-corrected chi connectivity index (χ1v) is 12.8. The third-order valence-corrected chi connectivity index (χ3v) is 7.19. The fraction of sp³-hybridized carbons (Fsp3) is 0.481. The molecule has 1 saturated heterocycles. The third kappa shape index (κ3) is 5.11. The molecule has 3 N–H and O–H groups in total. The van der Waals surface area contributed by atoms with Crippen molar-refractivity contribution < 1.29 is 19.1 Å². The molecular weight excluding hydrogens is 472 g/mol. The zero-order valence-corrected chi connectivity index (χ0v) is 21.7. The maximum atomic E-state index is 12.4. The van der Waals surface area contributed by atoms with Gasteiger partial charge >= 0.3 is 0 Å². The van der Waals surface area contributed by atoms with Gasteiger partial charge in [-0.1, -0.05) is 0 Å². The minimum absolute atomic E-state index is 0.0286. The van der Waals surface area contributed by atoms with Crippen LogP contribution < -0.4 is 20.5 Å². The molecule has 5 rings (SSSR count). The molecule has 0 radical (unpaired) electrons. The van der Waals surface area contributed by atoms with E-state index < -0.39 is 5.91 Å². The van der Waals surface area contributed by atoms with Gasteiger partial charge in [0.1, 0.15) is 12.4 Å². The van der Waals surface area contributed by atoms with Crippen molar-refractivity contribution in [2.24, 2.45) is 5.73 Å². The zero-order chi connectivity index (χ0) is 26.3. The zero-order valence-electron chi connectivity index (χ0n) is 21.7. The minimum Gasteiger partial charge on any atom is -0.490 e. The van der Waals surface area contributed by atoms with Crippen LogP contribution in [0.25, 0.3) is 21.9 Å². The number of carbonyl (C=O) groups excluding carboxylic acids is 2. The molecule has 37 heavy (non-hydrogen) atoms. The molecule has 1 aliphatic heterocycles. The molecule has 3 heterocycles. The Balaban J connectivity index is 1.53. The predicted octanol–water partition coefficient (Wildman–Crippen LogP) is 2.91. The number of nitrogens with two attached hydrogens (primary N) is 1. The maximum Gasteiger partial charge on any atom is 0.252 e. The molecule has 1 aliphatic carbocycles. The van der Waals surface area contributed by atoms with Crippen LogP contribution in [0.5, 0.6) is 11.6 Å². The second-order valence-electron chi connectivity index (χ2n) is 10.5. The summed E-state index contributed by atoms with van der Waals surface area (Å²) in [4.78, 5) is 30.8. The number of benzene rings is 1. The van der Waals surface area contributed by atoms with Crippen LogP contribution in [0.1, 0.15) is 55.9 Å². The number of amides is 2. The number of pyridine rings is 1. The van der Waals surface area contributed by atoms with Crippen molar-refractivity contribution in [3.63, 3.8) is 0 Å². The summed E-state index contributed by atoms with van der Waals surface area (Å²) in [6.07, 6.45) is 8.77. The summed E-state index contributed by atoms with van der Waals surface area (Å²) in [6.45, 7) is 4.08. The summed E-state index contributed by atoms with van der Waals surface area (Å²) in [5.74, 6) is 0.245. The van der Waals surface area contributed by atoms with Crippen molar-refractivity contribution in [3.05, 3.63) is 36.3 Å². The Labute approximate surface area is 216 Å². The number of hydrogen-bond acceptors (Lipinski definition) is 7. The number of fused-ring (bicyclic) bond motifs is 1. The number of nitrogens with zero attached hydrogens (tertiary/aromatic N) is 4.